The van der Waals surface area contributed by atoms with E-state index in [1.165, 1.54) is 0 Å². The third-order valence-corrected chi connectivity index (χ3v) is 2.42. The van der Waals surface area contributed by atoms with E-state index in [1.54, 1.807) is 12.6 Å². The fourth-order valence-corrected chi connectivity index (χ4v) is 1.45. The third kappa shape index (κ3) is 6.35. The molecule has 0 aliphatic carbocycles. The highest BCUT2D eigenvalue weighted by atomic mass is 16.5. The van der Waals surface area contributed by atoms with Crippen molar-refractivity contribution >= 4 is 18.7 Å². The Labute approximate surface area is 111 Å². The van der Waals surface area contributed by atoms with E-state index in [1.807, 2.05) is 30.3 Å². The Kier molecular flexibility index (Phi) is 6.94. The van der Waals surface area contributed by atoms with Crippen LogP contribution in [0.15, 0.2) is 30.3 Å². The van der Waals surface area contributed by atoms with Gasteiger partial charge < -0.3 is 10.1 Å². The minimum atomic E-state index is -0.753. The van der Waals surface area contributed by atoms with Gasteiger partial charge in [0.1, 0.15) is 6.61 Å². The molecule has 0 aliphatic heterocycles. The summed E-state index contributed by atoms with van der Waals surface area (Å²) in [6.07, 6.45) is 3.80. The predicted molar refractivity (Wildman–Crippen MR) is 68.8 cm³/mol. The molecule has 1 unspecified atom stereocenters. The lowest BCUT2D eigenvalue weighted by molar-refractivity contribution is 0.137. The zero-order chi connectivity index (χ0) is 13.9. The van der Waals surface area contributed by atoms with Crippen molar-refractivity contribution in [3.05, 3.63) is 35.9 Å². The van der Waals surface area contributed by atoms with Crippen molar-refractivity contribution in [1.82, 2.24) is 5.32 Å². The minimum Gasteiger partial charge on any atom is -0.445 e. The Morgan fingerprint density at radius 2 is 2.00 bits per heavy atom. The Hall–Kier alpha value is -2.17. The topological polar surface area (TPSA) is 72.5 Å². The summed E-state index contributed by atoms with van der Waals surface area (Å²) < 4.78 is 4.96. The van der Waals surface area contributed by atoms with E-state index in [0.717, 1.165) is 5.56 Å². The fourth-order valence-electron chi connectivity index (χ4n) is 1.45. The summed E-state index contributed by atoms with van der Waals surface area (Å²) >= 11 is 0. The number of benzene rings is 1. The van der Waals surface area contributed by atoms with E-state index >= 15 is 0 Å². The summed E-state index contributed by atoms with van der Waals surface area (Å²) in [5.74, 6) is 0. The van der Waals surface area contributed by atoms with Crippen LogP contribution in [0.2, 0.25) is 0 Å². The lowest BCUT2D eigenvalue weighted by Crippen LogP contribution is -2.36. The van der Waals surface area contributed by atoms with Gasteiger partial charge in [0, 0.05) is 6.42 Å². The van der Waals surface area contributed by atoms with Crippen molar-refractivity contribution in [1.29, 1.82) is 0 Å². The summed E-state index contributed by atoms with van der Waals surface area (Å²) in [7, 11) is 0. The SMILES string of the molecule is O=[C]CCCC([C]=O)NC(=O)OCc1ccccc1. The van der Waals surface area contributed by atoms with Gasteiger partial charge in [0.15, 0.2) is 6.29 Å². The smallest absolute Gasteiger partial charge is 0.408 e. The first-order chi connectivity index (χ1) is 9.26. The molecular formula is C14H15NO4. The monoisotopic (exact) mass is 261 g/mol. The number of carbonyl (C=O) groups is 1. The van der Waals surface area contributed by atoms with Gasteiger partial charge in [0.25, 0.3) is 0 Å². The zero-order valence-corrected chi connectivity index (χ0v) is 10.4. The maximum Gasteiger partial charge on any atom is 0.408 e. The maximum atomic E-state index is 11.4. The van der Waals surface area contributed by atoms with Gasteiger partial charge in [0.05, 0.1) is 6.04 Å². The standard InChI is InChI=1S/C14H15NO4/c16-9-5-4-8-13(10-17)15-14(18)19-11-12-6-2-1-3-7-12/h1-3,6-7,13H,4-5,8,11H2,(H,15,18). The predicted octanol–water partition coefficient (Wildman–Crippen LogP) is 1.67. The first kappa shape index (κ1) is 14.9. The van der Waals surface area contributed by atoms with Crippen LogP contribution in [0.4, 0.5) is 4.79 Å². The lowest BCUT2D eigenvalue weighted by atomic mass is 10.1. The van der Waals surface area contributed by atoms with Gasteiger partial charge in [-0.25, -0.2) is 4.79 Å². The molecule has 1 aromatic carbocycles. The van der Waals surface area contributed by atoms with Crippen LogP contribution < -0.4 is 5.32 Å². The van der Waals surface area contributed by atoms with Gasteiger partial charge >= 0.3 is 6.09 Å². The fraction of sp³-hybridized carbons (Fsp3) is 0.357. The summed E-state index contributed by atoms with van der Waals surface area (Å²) in [5.41, 5.74) is 0.861. The minimum absolute atomic E-state index is 0.139. The molecule has 0 bridgehead atoms. The molecule has 5 nitrogen and oxygen atoms in total. The van der Waals surface area contributed by atoms with E-state index in [2.05, 4.69) is 5.32 Å². The Morgan fingerprint density at radius 3 is 2.63 bits per heavy atom. The first-order valence-electron chi connectivity index (χ1n) is 5.96. The number of hydrogen-bond donors (Lipinski definition) is 1. The van der Waals surface area contributed by atoms with Gasteiger partial charge in [-0.05, 0) is 18.4 Å². The number of rotatable bonds is 8. The second-order valence-corrected chi connectivity index (χ2v) is 3.91. The van der Waals surface area contributed by atoms with Gasteiger partial charge in [0.2, 0.25) is 6.29 Å². The molecule has 0 fully saturated rings. The number of hydrogen-bond acceptors (Lipinski definition) is 4. The normalized spacial score (nSPS) is 11.4. The molecule has 0 aromatic heterocycles. The van der Waals surface area contributed by atoms with Crippen molar-refractivity contribution in [3.8, 4) is 0 Å². The van der Waals surface area contributed by atoms with E-state index < -0.39 is 12.1 Å². The van der Waals surface area contributed by atoms with Crippen molar-refractivity contribution in [2.45, 2.75) is 31.9 Å². The molecule has 0 aliphatic rings. The van der Waals surface area contributed by atoms with Gasteiger partial charge in [-0.3, -0.25) is 9.59 Å². The number of carbonyl (C=O) groups excluding carboxylic acids is 3. The highest BCUT2D eigenvalue weighted by Crippen LogP contribution is 2.02. The Morgan fingerprint density at radius 1 is 1.26 bits per heavy atom. The molecule has 1 amide bonds. The van der Waals surface area contributed by atoms with Gasteiger partial charge in [-0.15, -0.1) is 0 Å². The van der Waals surface area contributed by atoms with Crippen LogP contribution in [0.3, 0.4) is 0 Å². The Balaban J connectivity index is 2.28. The summed E-state index contributed by atoms with van der Waals surface area (Å²) in [6.45, 7) is 0.139. The van der Waals surface area contributed by atoms with Crippen LogP contribution in [-0.2, 0) is 20.9 Å². The number of ether oxygens (including phenoxy) is 1. The van der Waals surface area contributed by atoms with Gasteiger partial charge in [-0.1, -0.05) is 30.3 Å². The molecule has 0 spiro atoms. The second-order valence-electron chi connectivity index (χ2n) is 3.91. The number of nitrogens with one attached hydrogen (secondary N) is 1. The van der Waals surface area contributed by atoms with Gasteiger partial charge in [-0.2, -0.15) is 0 Å². The molecule has 0 saturated heterocycles. The number of alkyl carbamates (subject to hydrolysis) is 1. The molecule has 0 heterocycles. The van der Waals surface area contributed by atoms with Crippen molar-refractivity contribution in [2.75, 3.05) is 0 Å². The van der Waals surface area contributed by atoms with Crippen LogP contribution >= 0.6 is 0 Å². The maximum absolute atomic E-state index is 11.4. The van der Waals surface area contributed by atoms with Crippen molar-refractivity contribution in [2.24, 2.45) is 0 Å². The first-order valence-corrected chi connectivity index (χ1v) is 5.96. The van der Waals surface area contributed by atoms with Crippen LogP contribution in [0, 0.1) is 0 Å². The molecule has 1 rings (SSSR count). The second kappa shape index (κ2) is 8.85. The van der Waals surface area contributed by atoms with E-state index in [0.29, 0.717) is 12.8 Å². The molecule has 1 atom stereocenters. The number of unbranched alkanes of at least 4 members (excludes halogenated alkanes) is 1. The summed E-state index contributed by atoms with van der Waals surface area (Å²) in [5, 5.41) is 2.38. The van der Waals surface area contributed by atoms with Crippen molar-refractivity contribution in [3.63, 3.8) is 0 Å². The van der Waals surface area contributed by atoms with Crippen LogP contribution in [0.25, 0.3) is 0 Å². The van der Waals surface area contributed by atoms with E-state index in [-0.39, 0.29) is 13.0 Å². The van der Waals surface area contributed by atoms with Crippen LogP contribution in [-0.4, -0.2) is 24.7 Å². The van der Waals surface area contributed by atoms with Crippen molar-refractivity contribution < 1.29 is 19.1 Å². The summed E-state index contributed by atoms with van der Waals surface area (Å²) in [6, 6.07) is 8.46. The summed E-state index contributed by atoms with van der Waals surface area (Å²) in [4.78, 5) is 32.1. The molecule has 19 heavy (non-hydrogen) atoms. The quantitative estimate of drug-likeness (QED) is 0.722. The molecule has 5 heteroatoms. The Bertz CT molecular complexity index is 405. The highest BCUT2D eigenvalue weighted by molar-refractivity contribution is 5.73. The molecule has 1 aromatic rings. The average molecular weight is 261 g/mol. The molecular weight excluding hydrogens is 246 g/mol. The van der Waals surface area contributed by atoms with Crippen LogP contribution in [0.5, 0.6) is 0 Å². The largest absolute Gasteiger partial charge is 0.445 e. The number of amides is 1. The van der Waals surface area contributed by atoms with E-state index in [9.17, 15) is 14.4 Å². The highest BCUT2D eigenvalue weighted by Gasteiger charge is 2.12. The third-order valence-electron chi connectivity index (χ3n) is 2.42. The molecule has 0 saturated carbocycles. The van der Waals surface area contributed by atoms with Crippen LogP contribution in [0.1, 0.15) is 24.8 Å². The van der Waals surface area contributed by atoms with E-state index in [4.69, 9.17) is 4.74 Å². The lowest BCUT2D eigenvalue weighted by Gasteiger charge is -2.11. The molecule has 1 N–H and O–H groups in total. The molecule has 100 valence electrons. The average Bonchev–Trinajstić information content (AvgIpc) is 2.45. The molecule has 2 radical (unpaired) electrons. The zero-order valence-electron chi connectivity index (χ0n) is 10.4.